The largest absolute Gasteiger partial charge is 0.433 e. The Bertz CT molecular complexity index is 1220. The molecule has 1 aromatic carbocycles. The summed E-state index contributed by atoms with van der Waals surface area (Å²) in [5.41, 5.74) is 4.20. The molecule has 200 valence electrons. The van der Waals surface area contributed by atoms with E-state index in [9.17, 15) is 40.3 Å². The van der Waals surface area contributed by atoms with Crippen LogP contribution < -0.4 is 5.73 Å². The topological polar surface area (TPSA) is 92.4 Å². The predicted octanol–water partition coefficient (Wildman–Crippen LogP) is 3.30. The fraction of sp³-hybridized carbons (Fsp3) is 0.478. The number of amides is 2. The Morgan fingerprint density at radius 3 is 2.54 bits per heavy atom. The number of fused-ring (bicyclic) bond motifs is 1. The smallest absolute Gasteiger partial charge is 0.336 e. The minimum atomic E-state index is -4.86. The van der Waals surface area contributed by atoms with E-state index < -0.39 is 66.1 Å². The molecule has 3 heterocycles. The summed E-state index contributed by atoms with van der Waals surface area (Å²) in [5.74, 6) is -7.07. The first-order valence-corrected chi connectivity index (χ1v) is 11.3. The van der Waals surface area contributed by atoms with Gasteiger partial charge in [0.15, 0.2) is 23.2 Å². The molecule has 0 saturated carbocycles. The molecule has 1 aromatic heterocycles. The zero-order valence-electron chi connectivity index (χ0n) is 19.3. The Hall–Kier alpha value is -3.29. The fourth-order valence-corrected chi connectivity index (χ4v) is 4.40. The van der Waals surface area contributed by atoms with Gasteiger partial charge in [-0.3, -0.25) is 9.59 Å². The first kappa shape index (κ1) is 26.8. The van der Waals surface area contributed by atoms with Crippen molar-refractivity contribution >= 4 is 11.8 Å². The van der Waals surface area contributed by atoms with Gasteiger partial charge in [-0.1, -0.05) is 0 Å². The van der Waals surface area contributed by atoms with Gasteiger partial charge in [-0.05, 0) is 24.6 Å². The molecule has 0 aliphatic carbocycles. The van der Waals surface area contributed by atoms with Gasteiger partial charge in [-0.25, -0.2) is 27.5 Å². The molecule has 2 N–H and O–H groups in total. The van der Waals surface area contributed by atoms with Gasteiger partial charge in [0, 0.05) is 49.5 Å². The van der Waals surface area contributed by atoms with Crippen molar-refractivity contribution in [3.63, 3.8) is 0 Å². The highest BCUT2D eigenvalue weighted by Crippen LogP contribution is 2.35. The molecule has 2 aromatic rings. The Morgan fingerprint density at radius 1 is 1.14 bits per heavy atom. The predicted molar refractivity (Wildman–Crippen MR) is 115 cm³/mol. The van der Waals surface area contributed by atoms with Crippen molar-refractivity contribution in [2.45, 2.75) is 50.4 Å². The van der Waals surface area contributed by atoms with Crippen molar-refractivity contribution in [2.75, 3.05) is 19.6 Å². The van der Waals surface area contributed by atoms with Crippen LogP contribution in [0.25, 0.3) is 11.4 Å². The van der Waals surface area contributed by atoms with E-state index >= 15 is 0 Å². The van der Waals surface area contributed by atoms with Crippen molar-refractivity contribution in [3.8, 4) is 11.4 Å². The lowest BCUT2D eigenvalue weighted by atomic mass is 10.0. The summed E-state index contributed by atoms with van der Waals surface area (Å²) in [6, 6.07) is 1.48. The van der Waals surface area contributed by atoms with Crippen LogP contribution in [0.4, 0.5) is 30.7 Å². The first-order chi connectivity index (χ1) is 17.2. The summed E-state index contributed by atoms with van der Waals surface area (Å²) in [7, 11) is 0. The molecule has 0 bridgehead atoms. The molecule has 2 aliphatic rings. The molecular weight excluding hydrogens is 511 g/mol. The van der Waals surface area contributed by atoms with Gasteiger partial charge in [0.2, 0.25) is 11.8 Å². The van der Waals surface area contributed by atoms with Crippen LogP contribution in [-0.4, -0.2) is 63.2 Å². The van der Waals surface area contributed by atoms with E-state index in [0.29, 0.717) is 6.07 Å². The number of halogens is 7. The van der Waals surface area contributed by atoms with Crippen LogP contribution in [0.5, 0.6) is 0 Å². The van der Waals surface area contributed by atoms with E-state index in [2.05, 4.69) is 9.97 Å². The molecule has 1 atom stereocenters. The van der Waals surface area contributed by atoms with Crippen molar-refractivity contribution in [2.24, 2.45) is 5.73 Å². The Morgan fingerprint density at radius 2 is 1.86 bits per heavy atom. The fourth-order valence-electron chi connectivity index (χ4n) is 4.40. The van der Waals surface area contributed by atoms with Gasteiger partial charge in [-0.2, -0.15) is 13.2 Å². The molecular formula is C23H22F7N5O2. The van der Waals surface area contributed by atoms with Crippen LogP contribution in [0.2, 0.25) is 0 Å². The number of piperidine rings is 1. The summed E-state index contributed by atoms with van der Waals surface area (Å²) in [6.45, 7) is -1.50. The SMILES string of the molecule is NC(CC(=O)N1CCc2c(nc(-c3ccc(F)c(F)c3)nc2C(F)(F)F)C1)CN1CC(F)(F)CCC1=O. The van der Waals surface area contributed by atoms with E-state index in [0.717, 1.165) is 17.0 Å². The van der Waals surface area contributed by atoms with Gasteiger partial charge in [0.1, 0.15) is 0 Å². The van der Waals surface area contributed by atoms with Crippen LogP contribution in [0.15, 0.2) is 18.2 Å². The first-order valence-electron chi connectivity index (χ1n) is 11.3. The molecule has 14 heteroatoms. The maximum Gasteiger partial charge on any atom is 0.433 e. The maximum absolute atomic E-state index is 13.7. The summed E-state index contributed by atoms with van der Waals surface area (Å²) >= 11 is 0. The average Bonchev–Trinajstić information content (AvgIpc) is 2.81. The van der Waals surface area contributed by atoms with Crippen LogP contribution >= 0.6 is 0 Å². The number of likely N-dealkylation sites (tertiary alicyclic amines) is 1. The number of carbonyl (C=O) groups excluding carboxylic acids is 2. The van der Waals surface area contributed by atoms with E-state index in [4.69, 9.17) is 5.73 Å². The molecule has 2 amide bonds. The minimum absolute atomic E-state index is 0.101. The van der Waals surface area contributed by atoms with Gasteiger partial charge in [0.25, 0.3) is 5.92 Å². The Kier molecular flexibility index (Phi) is 7.14. The standard InChI is InChI=1S/C23H22F7N5O2/c24-15-2-1-12(7-16(15)25)21-32-17-10-34(6-4-14(17)20(33-21)23(28,29)30)19(37)8-13(31)9-35-11-22(26,27)5-3-18(35)36/h1-2,7,13H,3-6,8-11,31H2. The van der Waals surface area contributed by atoms with Crippen molar-refractivity contribution < 1.29 is 40.3 Å². The lowest BCUT2D eigenvalue weighted by Crippen LogP contribution is -2.51. The molecule has 37 heavy (non-hydrogen) atoms. The van der Waals surface area contributed by atoms with Gasteiger partial charge >= 0.3 is 6.18 Å². The molecule has 1 saturated heterocycles. The third-order valence-electron chi connectivity index (χ3n) is 6.24. The zero-order valence-corrected chi connectivity index (χ0v) is 19.3. The number of alkyl halides is 5. The Balaban J connectivity index is 1.52. The Labute approximate surface area is 206 Å². The number of hydrogen-bond acceptors (Lipinski definition) is 5. The van der Waals surface area contributed by atoms with Crippen LogP contribution in [0, 0.1) is 11.6 Å². The molecule has 1 fully saturated rings. The highest BCUT2D eigenvalue weighted by Gasteiger charge is 2.41. The van der Waals surface area contributed by atoms with Crippen LogP contribution in [0.3, 0.4) is 0 Å². The van der Waals surface area contributed by atoms with Gasteiger partial charge < -0.3 is 15.5 Å². The minimum Gasteiger partial charge on any atom is -0.336 e. The molecule has 2 aliphatic heterocycles. The number of hydrogen-bond donors (Lipinski definition) is 1. The number of benzene rings is 1. The molecule has 0 radical (unpaired) electrons. The van der Waals surface area contributed by atoms with E-state index in [1.807, 2.05) is 0 Å². The third kappa shape index (κ3) is 6.00. The van der Waals surface area contributed by atoms with Crippen LogP contribution in [0.1, 0.15) is 36.2 Å². The van der Waals surface area contributed by atoms with E-state index in [1.165, 1.54) is 4.90 Å². The van der Waals surface area contributed by atoms with E-state index in [1.54, 1.807) is 0 Å². The van der Waals surface area contributed by atoms with Crippen LogP contribution in [-0.2, 0) is 28.7 Å². The number of aromatic nitrogens is 2. The number of nitrogens with zero attached hydrogens (tertiary/aromatic N) is 4. The summed E-state index contributed by atoms with van der Waals surface area (Å²) in [6.07, 6.45) is -6.31. The van der Waals surface area contributed by atoms with Crippen molar-refractivity contribution in [1.29, 1.82) is 0 Å². The number of rotatable bonds is 5. The quantitative estimate of drug-likeness (QED) is 0.596. The highest BCUT2D eigenvalue weighted by atomic mass is 19.4. The second kappa shape index (κ2) is 9.88. The van der Waals surface area contributed by atoms with Gasteiger partial charge in [-0.15, -0.1) is 0 Å². The van der Waals surface area contributed by atoms with Crippen molar-refractivity contribution in [1.82, 2.24) is 19.8 Å². The monoisotopic (exact) mass is 533 g/mol. The van der Waals surface area contributed by atoms with Crippen molar-refractivity contribution in [3.05, 3.63) is 46.8 Å². The lowest BCUT2D eigenvalue weighted by Gasteiger charge is -2.34. The normalized spacial score (nSPS) is 18.5. The molecule has 1 unspecified atom stereocenters. The maximum atomic E-state index is 13.7. The highest BCUT2D eigenvalue weighted by molar-refractivity contribution is 5.78. The second-order valence-corrected chi connectivity index (χ2v) is 9.11. The lowest BCUT2D eigenvalue weighted by molar-refractivity contribution is -0.148. The summed E-state index contributed by atoms with van der Waals surface area (Å²) in [4.78, 5) is 34.5. The van der Waals surface area contributed by atoms with E-state index in [-0.39, 0.29) is 55.7 Å². The molecule has 4 rings (SSSR count). The third-order valence-corrected chi connectivity index (χ3v) is 6.24. The summed E-state index contributed by atoms with van der Waals surface area (Å²) < 4.78 is 95.5. The van der Waals surface area contributed by atoms with Gasteiger partial charge in [0.05, 0.1) is 18.8 Å². The average molecular weight is 533 g/mol. The number of nitrogens with two attached hydrogens (primary N) is 1. The zero-order chi connectivity index (χ0) is 27.1. The molecule has 7 nitrogen and oxygen atoms in total. The molecule has 0 spiro atoms. The number of carbonyl (C=O) groups is 2. The summed E-state index contributed by atoms with van der Waals surface area (Å²) in [5, 5.41) is 0. The second-order valence-electron chi connectivity index (χ2n) is 9.11.